The lowest BCUT2D eigenvalue weighted by molar-refractivity contribution is 0.0224. The van der Waals surface area contributed by atoms with Gasteiger partial charge in [-0.05, 0) is 81.7 Å². The van der Waals surface area contributed by atoms with Crippen molar-refractivity contribution in [1.29, 1.82) is 0 Å². The van der Waals surface area contributed by atoms with Gasteiger partial charge in [0.15, 0.2) is 5.60 Å². The second kappa shape index (κ2) is 11.6. The van der Waals surface area contributed by atoms with Gasteiger partial charge in [-0.3, -0.25) is 0 Å². The largest absolute Gasteiger partial charge is 0.456 e. The number of rotatable bonds is 6. The molecule has 1 spiro atoms. The number of anilines is 2. The van der Waals surface area contributed by atoms with Gasteiger partial charge < -0.3 is 29.5 Å². The highest BCUT2D eigenvalue weighted by molar-refractivity contribution is 5.97. The van der Waals surface area contributed by atoms with Gasteiger partial charge in [0.2, 0.25) is 0 Å². The average molecular weight is 571 g/mol. The third kappa shape index (κ3) is 4.54. The van der Waals surface area contributed by atoms with Crippen molar-refractivity contribution in [2.75, 3.05) is 36.1 Å². The Bertz CT molecular complexity index is 1380. The Morgan fingerprint density at radius 3 is 1.83 bits per heavy atom. The molecule has 222 valence electrons. The molecule has 2 fully saturated rings. The van der Waals surface area contributed by atoms with Crippen molar-refractivity contribution < 1.29 is 24.5 Å². The van der Waals surface area contributed by atoms with E-state index in [0.717, 1.165) is 79.7 Å². The molecule has 0 radical (unpaired) electrons. The highest BCUT2D eigenvalue weighted by atomic mass is 16.6. The van der Waals surface area contributed by atoms with Crippen LogP contribution in [0, 0.1) is 0 Å². The number of fused-ring (bicyclic) bond motifs is 6. The van der Waals surface area contributed by atoms with Crippen LogP contribution in [0.15, 0.2) is 60.7 Å². The van der Waals surface area contributed by atoms with Gasteiger partial charge in [-0.1, -0.05) is 25.6 Å². The molecule has 7 heteroatoms. The number of aliphatic hydroxyl groups excluding tert-OH is 2. The number of benzene rings is 3. The van der Waals surface area contributed by atoms with Crippen LogP contribution >= 0.6 is 0 Å². The Morgan fingerprint density at radius 2 is 1.29 bits per heavy atom. The van der Waals surface area contributed by atoms with Crippen molar-refractivity contribution >= 4 is 17.3 Å². The van der Waals surface area contributed by atoms with E-state index in [2.05, 4.69) is 46.2 Å². The van der Waals surface area contributed by atoms with E-state index in [1.54, 1.807) is 0 Å². The summed E-state index contributed by atoms with van der Waals surface area (Å²) >= 11 is 0. The van der Waals surface area contributed by atoms with Crippen molar-refractivity contribution in [3.63, 3.8) is 0 Å². The summed E-state index contributed by atoms with van der Waals surface area (Å²) in [6.45, 7) is 2.22. The van der Waals surface area contributed by atoms with Crippen molar-refractivity contribution in [2.24, 2.45) is 0 Å². The molecule has 0 bridgehead atoms. The minimum atomic E-state index is -1.09. The summed E-state index contributed by atoms with van der Waals surface area (Å²) in [6, 6.07) is 20.8. The van der Waals surface area contributed by atoms with Crippen LogP contribution in [-0.4, -0.2) is 54.6 Å². The zero-order chi connectivity index (χ0) is 28.0. The lowest BCUT2D eigenvalue weighted by Crippen LogP contribution is -2.40. The zero-order valence-corrected chi connectivity index (χ0v) is 23.4. The van der Waals surface area contributed by atoms with Crippen LogP contribution in [0.1, 0.15) is 85.8 Å². The van der Waals surface area contributed by atoms with Crippen molar-refractivity contribution in [3.8, 4) is 11.5 Å². The van der Waals surface area contributed by atoms with E-state index in [1.807, 2.05) is 24.3 Å². The second-order valence-corrected chi connectivity index (χ2v) is 11.8. The van der Waals surface area contributed by atoms with Crippen molar-refractivity contribution in [1.82, 2.24) is 0 Å². The summed E-state index contributed by atoms with van der Waals surface area (Å²) in [5.74, 6) is 1.05. The number of carbonyl (C=O) groups excluding carboxylic acids is 1. The third-order valence-electron chi connectivity index (χ3n) is 9.52. The van der Waals surface area contributed by atoms with Crippen LogP contribution in [0.25, 0.3) is 0 Å². The van der Waals surface area contributed by atoms with Crippen LogP contribution in [0.3, 0.4) is 0 Å². The van der Waals surface area contributed by atoms with Gasteiger partial charge in [0.05, 0.1) is 5.56 Å². The molecule has 7 rings (SSSR count). The molecule has 0 amide bonds. The first-order chi connectivity index (χ1) is 20.1. The van der Waals surface area contributed by atoms with Gasteiger partial charge in [-0.15, -0.1) is 0 Å². The topological polar surface area (TPSA) is 82.5 Å². The Hall–Kier alpha value is -3.55. The summed E-state index contributed by atoms with van der Waals surface area (Å²) in [4.78, 5) is 18.1. The number of nitrogens with zero attached hydrogens (tertiary/aromatic N) is 2. The highest BCUT2D eigenvalue weighted by Crippen LogP contribution is 2.57. The lowest BCUT2D eigenvalue weighted by atomic mass is 9.77. The molecule has 42 heavy (non-hydrogen) atoms. The molecule has 3 aromatic rings. The summed E-state index contributed by atoms with van der Waals surface area (Å²) in [5, 5.41) is 19.4. The van der Waals surface area contributed by atoms with E-state index < -0.39 is 5.60 Å². The van der Waals surface area contributed by atoms with E-state index in [0.29, 0.717) is 17.1 Å². The van der Waals surface area contributed by atoms with E-state index in [-0.39, 0.29) is 38.7 Å². The molecular formula is C35H42N2O5. The molecule has 4 aliphatic heterocycles. The molecule has 2 unspecified atom stereocenters. The SMILES string of the molecule is C.O=C1OC2(c3ccc(N4CCCCC4CCO)cc3Oc3cc(N4CCCCC4CCO)ccc32)c2ccccc21. The quantitative estimate of drug-likeness (QED) is 0.333. The Kier molecular flexibility index (Phi) is 7.90. The molecule has 7 nitrogen and oxygen atoms in total. The Balaban J connectivity index is 0.00000316. The first kappa shape index (κ1) is 28.6. The van der Waals surface area contributed by atoms with Crippen molar-refractivity contribution in [3.05, 3.63) is 82.9 Å². The molecule has 2 saturated heterocycles. The third-order valence-corrected chi connectivity index (χ3v) is 9.52. The summed E-state index contributed by atoms with van der Waals surface area (Å²) in [6.07, 6.45) is 8.17. The highest BCUT2D eigenvalue weighted by Gasteiger charge is 2.53. The maximum atomic E-state index is 13.3. The van der Waals surface area contributed by atoms with Gasteiger partial charge in [-0.2, -0.15) is 0 Å². The molecule has 2 N–H and O–H groups in total. The number of esters is 1. The molecule has 4 aliphatic rings. The number of aliphatic hydroxyl groups is 2. The molecule has 0 saturated carbocycles. The zero-order valence-electron chi connectivity index (χ0n) is 23.4. The lowest BCUT2D eigenvalue weighted by Gasteiger charge is -2.41. The number of hydrogen-bond acceptors (Lipinski definition) is 7. The van der Waals surface area contributed by atoms with Crippen LogP contribution < -0.4 is 14.5 Å². The Morgan fingerprint density at radius 1 is 0.738 bits per heavy atom. The van der Waals surface area contributed by atoms with Gasteiger partial charge in [-0.25, -0.2) is 4.79 Å². The minimum Gasteiger partial charge on any atom is -0.456 e. The van der Waals surface area contributed by atoms with Crippen LogP contribution in [0.2, 0.25) is 0 Å². The summed E-state index contributed by atoms with van der Waals surface area (Å²) in [5.41, 5.74) is 4.10. The predicted molar refractivity (Wildman–Crippen MR) is 165 cm³/mol. The van der Waals surface area contributed by atoms with Gasteiger partial charge >= 0.3 is 5.97 Å². The van der Waals surface area contributed by atoms with Crippen LogP contribution in [0.5, 0.6) is 11.5 Å². The molecule has 2 atom stereocenters. The summed E-state index contributed by atoms with van der Waals surface area (Å²) < 4.78 is 13.1. The fraction of sp³-hybridized carbons (Fsp3) is 0.457. The normalized spacial score (nSPS) is 24.3. The van der Waals surface area contributed by atoms with Gasteiger partial charge in [0.25, 0.3) is 0 Å². The number of carbonyl (C=O) groups is 1. The maximum Gasteiger partial charge on any atom is 0.340 e. The number of hydrogen-bond donors (Lipinski definition) is 2. The van der Waals surface area contributed by atoms with E-state index >= 15 is 0 Å². The second-order valence-electron chi connectivity index (χ2n) is 11.8. The molecule has 0 aromatic heterocycles. The summed E-state index contributed by atoms with van der Waals surface area (Å²) in [7, 11) is 0. The Labute approximate surface area is 248 Å². The number of ether oxygens (including phenoxy) is 2. The van der Waals surface area contributed by atoms with Gasteiger partial charge in [0, 0.05) is 78.6 Å². The first-order valence-electron chi connectivity index (χ1n) is 15.2. The standard InChI is InChI=1S/C34H38N2O5.CH4/c37-19-15-23-7-3-5-17-35(23)25-11-13-29-31(21-25)40-32-22-26(36-18-6-4-8-24(36)16-20-38)12-14-30(32)34(29)28-10-2-1-9-27(28)33(39)41-34;/h1-2,9-14,21-24,37-38H,3-8,15-20H2;1H4. The molecule has 4 heterocycles. The van der Waals surface area contributed by atoms with Gasteiger partial charge in [0.1, 0.15) is 11.5 Å². The van der Waals surface area contributed by atoms with E-state index in [4.69, 9.17) is 9.47 Å². The molecular weight excluding hydrogens is 528 g/mol. The maximum absolute atomic E-state index is 13.3. The first-order valence-corrected chi connectivity index (χ1v) is 15.2. The molecule has 3 aromatic carbocycles. The average Bonchev–Trinajstić information content (AvgIpc) is 3.30. The fourth-order valence-electron chi connectivity index (χ4n) is 7.59. The van der Waals surface area contributed by atoms with Crippen molar-refractivity contribution in [2.45, 2.75) is 76.5 Å². The smallest absolute Gasteiger partial charge is 0.340 e. The monoisotopic (exact) mass is 570 g/mol. The fourth-order valence-corrected chi connectivity index (χ4v) is 7.59. The van der Waals surface area contributed by atoms with E-state index in [9.17, 15) is 15.0 Å². The van der Waals surface area contributed by atoms with Crippen LogP contribution in [0.4, 0.5) is 11.4 Å². The minimum absolute atomic E-state index is 0. The van der Waals surface area contributed by atoms with E-state index in [1.165, 1.54) is 12.8 Å². The van der Waals surface area contributed by atoms with Crippen LogP contribution in [-0.2, 0) is 10.3 Å². The number of piperidine rings is 2. The molecule has 0 aliphatic carbocycles. The predicted octanol–water partition coefficient (Wildman–Crippen LogP) is 6.37.